The number of alkyl halides is 1. The van der Waals surface area contributed by atoms with Crippen LogP contribution in [-0.4, -0.2) is 32.6 Å². The molecule has 1 aromatic carbocycles. The maximum Gasteiger partial charge on any atom is 0.180 e. The topological polar surface area (TPSA) is 37.4 Å². The Kier molecular flexibility index (Phi) is 5.33. The van der Waals surface area contributed by atoms with Crippen LogP contribution in [0.5, 0.6) is 0 Å². The Labute approximate surface area is 126 Å². The maximum atomic E-state index is 12.3. The van der Waals surface area contributed by atoms with Gasteiger partial charge in [0.1, 0.15) is 0 Å². The first-order chi connectivity index (χ1) is 9.60. The molecule has 1 aliphatic carbocycles. The molecular weight excluding hydrogens is 294 g/mol. The lowest BCUT2D eigenvalue weighted by Crippen LogP contribution is -2.36. The van der Waals surface area contributed by atoms with Crippen LogP contribution in [0.25, 0.3) is 0 Å². The Morgan fingerprint density at radius 2 is 1.90 bits per heavy atom. The van der Waals surface area contributed by atoms with Crippen molar-refractivity contribution in [2.45, 2.75) is 43.5 Å². The molecule has 0 bridgehead atoms. The van der Waals surface area contributed by atoms with Crippen LogP contribution in [0.15, 0.2) is 29.2 Å². The molecule has 1 aromatic rings. The van der Waals surface area contributed by atoms with Gasteiger partial charge < -0.3 is 4.90 Å². The van der Waals surface area contributed by atoms with E-state index in [2.05, 4.69) is 4.90 Å². The van der Waals surface area contributed by atoms with Crippen LogP contribution in [0.2, 0.25) is 0 Å². The Morgan fingerprint density at radius 1 is 1.25 bits per heavy atom. The predicted octanol–water partition coefficient (Wildman–Crippen LogP) is 3.47. The van der Waals surface area contributed by atoms with E-state index in [1.807, 2.05) is 12.1 Å². The highest BCUT2D eigenvalue weighted by molar-refractivity contribution is 7.91. The van der Waals surface area contributed by atoms with Gasteiger partial charge in [0.05, 0.1) is 16.3 Å². The molecule has 0 spiro atoms. The molecule has 0 unspecified atom stereocenters. The van der Waals surface area contributed by atoms with E-state index in [-0.39, 0.29) is 5.75 Å². The summed E-state index contributed by atoms with van der Waals surface area (Å²) in [6.07, 6.45) is 4.67. The summed E-state index contributed by atoms with van der Waals surface area (Å²) in [5, 5.41) is 0. The molecule has 20 heavy (non-hydrogen) atoms. The number of hydrogen-bond donors (Lipinski definition) is 0. The largest absolute Gasteiger partial charge is 0.366 e. The summed E-state index contributed by atoms with van der Waals surface area (Å²) in [4.78, 5) is 2.64. The minimum absolute atomic E-state index is 0.128. The minimum atomic E-state index is -3.21. The average molecular weight is 316 g/mol. The molecule has 112 valence electrons. The van der Waals surface area contributed by atoms with Crippen molar-refractivity contribution >= 4 is 27.1 Å². The Balaban J connectivity index is 2.42. The molecule has 5 heteroatoms. The van der Waals surface area contributed by atoms with E-state index < -0.39 is 9.84 Å². The second-order valence-corrected chi connectivity index (χ2v) is 7.82. The molecule has 1 aliphatic rings. The fourth-order valence-electron chi connectivity index (χ4n) is 2.92. The molecule has 0 saturated heterocycles. The molecule has 0 N–H and O–H groups in total. The van der Waals surface area contributed by atoms with E-state index >= 15 is 0 Å². The third-order valence-corrected chi connectivity index (χ3v) is 5.93. The highest BCUT2D eigenvalue weighted by Gasteiger charge is 2.26. The van der Waals surface area contributed by atoms with Gasteiger partial charge in [0.15, 0.2) is 9.84 Å². The van der Waals surface area contributed by atoms with Crippen LogP contribution in [0.3, 0.4) is 0 Å². The van der Waals surface area contributed by atoms with E-state index in [9.17, 15) is 8.42 Å². The van der Waals surface area contributed by atoms with Crippen LogP contribution in [0, 0.1) is 0 Å². The van der Waals surface area contributed by atoms with E-state index in [0.29, 0.717) is 23.4 Å². The molecule has 0 atom stereocenters. The number of halogens is 1. The highest BCUT2D eigenvalue weighted by Crippen LogP contribution is 2.32. The SMILES string of the molecule is CCS(=O)(=O)c1ccccc1N(CCCl)C1CCCC1. The summed E-state index contributed by atoms with van der Waals surface area (Å²) >= 11 is 5.93. The van der Waals surface area contributed by atoms with Gasteiger partial charge in [-0.2, -0.15) is 0 Å². The molecule has 1 saturated carbocycles. The van der Waals surface area contributed by atoms with Crippen LogP contribution in [-0.2, 0) is 9.84 Å². The third kappa shape index (κ3) is 3.29. The van der Waals surface area contributed by atoms with Crippen molar-refractivity contribution in [1.29, 1.82) is 0 Å². The number of para-hydroxylation sites is 1. The van der Waals surface area contributed by atoms with E-state index in [1.54, 1.807) is 19.1 Å². The van der Waals surface area contributed by atoms with Gasteiger partial charge in [-0.1, -0.05) is 31.9 Å². The average Bonchev–Trinajstić information content (AvgIpc) is 2.98. The number of anilines is 1. The molecule has 1 fully saturated rings. The smallest absolute Gasteiger partial charge is 0.180 e. The monoisotopic (exact) mass is 315 g/mol. The molecule has 0 aliphatic heterocycles. The van der Waals surface area contributed by atoms with Crippen molar-refractivity contribution in [3.8, 4) is 0 Å². The molecule has 0 amide bonds. The summed E-state index contributed by atoms with van der Waals surface area (Å²) in [6, 6.07) is 7.74. The van der Waals surface area contributed by atoms with E-state index in [4.69, 9.17) is 11.6 Å². The quantitative estimate of drug-likeness (QED) is 0.754. The lowest BCUT2D eigenvalue weighted by Gasteiger charge is -2.32. The standard InChI is InChI=1S/C15H22ClNO2S/c1-2-20(18,19)15-10-6-5-9-14(15)17(12-11-16)13-7-3-4-8-13/h5-6,9-10,13H,2-4,7-8,11-12H2,1H3. The number of sulfone groups is 1. The fourth-order valence-corrected chi connectivity index (χ4v) is 4.20. The van der Waals surface area contributed by atoms with Gasteiger partial charge in [0, 0.05) is 18.5 Å². The third-order valence-electron chi connectivity index (χ3n) is 3.98. The Morgan fingerprint density at radius 3 is 2.50 bits per heavy atom. The lowest BCUT2D eigenvalue weighted by molar-refractivity contribution is 0.591. The van der Waals surface area contributed by atoms with E-state index in [0.717, 1.165) is 18.5 Å². The summed E-state index contributed by atoms with van der Waals surface area (Å²) in [5.41, 5.74) is 0.821. The van der Waals surface area contributed by atoms with Crippen molar-refractivity contribution in [3.63, 3.8) is 0 Å². The van der Waals surface area contributed by atoms with Crippen molar-refractivity contribution in [1.82, 2.24) is 0 Å². The van der Waals surface area contributed by atoms with Crippen LogP contribution in [0.1, 0.15) is 32.6 Å². The lowest BCUT2D eigenvalue weighted by atomic mass is 10.1. The number of rotatable bonds is 6. The van der Waals surface area contributed by atoms with Crippen molar-refractivity contribution in [3.05, 3.63) is 24.3 Å². The van der Waals surface area contributed by atoms with Crippen LogP contribution >= 0.6 is 11.6 Å². The van der Waals surface area contributed by atoms with Crippen LogP contribution in [0.4, 0.5) is 5.69 Å². The molecule has 0 heterocycles. The number of benzene rings is 1. The maximum absolute atomic E-state index is 12.3. The van der Waals surface area contributed by atoms with Crippen molar-refractivity contribution in [2.24, 2.45) is 0 Å². The minimum Gasteiger partial charge on any atom is -0.366 e. The predicted molar refractivity (Wildman–Crippen MR) is 84.5 cm³/mol. The van der Waals surface area contributed by atoms with Gasteiger partial charge >= 0.3 is 0 Å². The van der Waals surface area contributed by atoms with Gasteiger partial charge in [-0.05, 0) is 25.0 Å². The second-order valence-electron chi connectivity index (χ2n) is 5.19. The van der Waals surface area contributed by atoms with Crippen molar-refractivity contribution < 1.29 is 8.42 Å². The zero-order chi connectivity index (χ0) is 14.6. The molecule has 2 rings (SSSR count). The summed E-state index contributed by atoms with van der Waals surface area (Å²) < 4.78 is 24.6. The Hall–Kier alpha value is -0.740. The normalized spacial score (nSPS) is 16.5. The van der Waals surface area contributed by atoms with Gasteiger partial charge in [0.2, 0.25) is 0 Å². The second kappa shape index (κ2) is 6.81. The summed E-state index contributed by atoms with van der Waals surface area (Å²) in [6.45, 7) is 2.38. The Bertz CT molecular complexity index is 539. The summed E-state index contributed by atoms with van der Waals surface area (Å²) in [7, 11) is -3.21. The molecular formula is C15H22ClNO2S. The van der Waals surface area contributed by atoms with Gasteiger partial charge in [-0.3, -0.25) is 0 Å². The molecule has 3 nitrogen and oxygen atoms in total. The molecule has 0 aromatic heterocycles. The highest BCUT2D eigenvalue weighted by atomic mass is 35.5. The summed E-state index contributed by atoms with van der Waals surface area (Å²) in [5.74, 6) is 0.639. The number of hydrogen-bond acceptors (Lipinski definition) is 3. The zero-order valence-corrected chi connectivity index (χ0v) is 13.5. The van der Waals surface area contributed by atoms with Crippen LogP contribution < -0.4 is 4.90 Å². The first-order valence-corrected chi connectivity index (χ1v) is 9.43. The van der Waals surface area contributed by atoms with E-state index in [1.165, 1.54) is 12.8 Å². The number of nitrogens with zero attached hydrogens (tertiary/aromatic N) is 1. The first kappa shape index (κ1) is 15.6. The fraction of sp³-hybridized carbons (Fsp3) is 0.600. The zero-order valence-electron chi connectivity index (χ0n) is 11.9. The van der Waals surface area contributed by atoms with Gasteiger partial charge in [-0.15, -0.1) is 11.6 Å². The molecule has 0 radical (unpaired) electrons. The van der Waals surface area contributed by atoms with Gasteiger partial charge in [0.25, 0.3) is 0 Å². The van der Waals surface area contributed by atoms with Crippen molar-refractivity contribution in [2.75, 3.05) is 23.1 Å². The first-order valence-electron chi connectivity index (χ1n) is 7.24. The van der Waals surface area contributed by atoms with Gasteiger partial charge in [-0.25, -0.2) is 8.42 Å².